The number of benzene rings is 1. The molecule has 4 nitrogen and oxygen atoms in total. The fourth-order valence-corrected chi connectivity index (χ4v) is 1.89. The molecule has 1 aromatic rings. The molecule has 0 aliphatic carbocycles. The summed E-state index contributed by atoms with van der Waals surface area (Å²) in [5.41, 5.74) is -1.37. The highest BCUT2D eigenvalue weighted by molar-refractivity contribution is 5.70. The van der Waals surface area contributed by atoms with Crippen molar-refractivity contribution in [1.29, 1.82) is 0 Å². The van der Waals surface area contributed by atoms with E-state index in [1.807, 2.05) is 0 Å². The lowest BCUT2D eigenvalue weighted by molar-refractivity contribution is -0.138. The predicted octanol–water partition coefficient (Wildman–Crippen LogP) is 2.43. The first kappa shape index (κ1) is 14.2. The molecule has 1 aromatic carbocycles. The van der Waals surface area contributed by atoms with Gasteiger partial charge in [0.25, 0.3) is 0 Å². The standard InChI is InChI=1S/C12H14F2O4/c1-12(2,5-8(15)16)9-10(17)6(13)4-7(14)11(9)18-3/h4,17H,5H2,1-3H3,(H,15,16). The van der Waals surface area contributed by atoms with E-state index in [2.05, 4.69) is 0 Å². The summed E-state index contributed by atoms with van der Waals surface area (Å²) in [4.78, 5) is 10.8. The Morgan fingerprint density at radius 3 is 2.39 bits per heavy atom. The molecule has 0 aliphatic heterocycles. The van der Waals surface area contributed by atoms with Gasteiger partial charge in [0.1, 0.15) is 0 Å². The highest BCUT2D eigenvalue weighted by atomic mass is 19.1. The van der Waals surface area contributed by atoms with Crippen molar-refractivity contribution >= 4 is 5.97 Å². The first-order valence-corrected chi connectivity index (χ1v) is 5.18. The van der Waals surface area contributed by atoms with Crippen molar-refractivity contribution in [3.8, 4) is 11.5 Å². The molecule has 0 spiro atoms. The number of phenolic OH excluding ortho intramolecular Hbond substituents is 1. The highest BCUT2D eigenvalue weighted by Crippen LogP contribution is 2.43. The van der Waals surface area contributed by atoms with Crippen LogP contribution in [0.5, 0.6) is 11.5 Å². The van der Waals surface area contributed by atoms with Crippen molar-refractivity contribution in [2.45, 2.75) is 25.7 Å². The van der Waals surface area contributed by atoms with E-state index in [4.69, 9.17) is 9.84 Å². The van der Waals surface area contributed by atoms with Gasteiger partial charge < -0.3 is 14.9 Å². The zero-order valence-corrected chi connectivity index (χ0v) is 10.3. The minimum atomic E-state index is -1.18. The average molecular weight is 260 g/mol. The summed E-state index contributed by atoms with van der Waals surface area (Å²) < 4.78 is 31.7. The van der Waals surface area contributed by atoms with Gasteiger partial charge in [-0.1, -0.05) is 13.8 Å². The molecule has 100 valence electrons. The maximum Gasteiger partial charge on any atom is 0.304 e. The summed E-state index contributed by atoms with van der Waals surface area (Å²) in [5.74, 6) is -4.42. The molecule has 0 amide bonds. The minimum absolute atomic E-state index is 0.190. The van der Waals surface area contributed by atoms with Gasteiger partial charge in [-0.2, -0.15) is 0 Å². The number of carboxylic acid groups (broad SMARTS) is 1. The lowest BCUT2D eigenvalue weighted by Gasteiger charge is -2.26. The lowest BCUT2D eigenvalue weighted by Crippen LogP contribution is -2.23. The summed E-state index contributed by atoms with van der Waals surface area (Å²) in [7, 11) is 1.16. The van der Waals surface area contributed by atoms with E-state index in [9.17, 15) is 18.7 Å². The van der Waals surface area contributed by atoms with Crippen LogP contribution in [0, 0.1) is 11.6 Å². The molecule has 0 fully saturated rings. The maximum absolute atomic E-state index is 13.5. The minimum Gasteiger partial charge on any atom is -0.505 e. The van der Waals surface area contributed by atoms with E-state index in [1.54, 1.807) is 0 Å². The zero-order valence-electron chi connectivity index (χ0n) is 10.3. The van der Waals surface area contributed by atoms with Gasteiger partial charge in [-0.15, -0.1) is 0 Å². The zero-order chi connectivity index (χ0) is 14.1. The van der Waals surface area contributed by atoms with E-state index >= 15 is 0 Å². The second kappa shape index (κ2) is 4.80. The van der Waals surface area contributed by atoms with Crippen molar-refractivity contribution in [2.24, 2.45) is 0 Å². The second-order valence-corrected chi connectivity index (χ2v) is 4.55. The Morgan fingerprint density at radius 1 is 1.39 bits per heavy atom. The van der Waals surface area contributed by atoms with Crippen molar-refractivity contribution < 1.29 is 28.5 Å². The Labute approximate surface area is 103 Å². The molecule has 0 saturated heterocycles. The van der Waals surface area contributed by atoms with Gasteiger partial charge >= 0.3 is 5.97 Å². The van der Waals surface area contributed by atoms with Gasteiger partial charge in [-0.05, 0) is 0 Å². The van der Waals surface area contributed by atoms with E-state index < -0.39 is 35.2 Å². The molecule has 1 rings (SSSR count). The van der Waals surface area contributed by atoms with Crippen LogP contribution in [0.15, 0.2) is 6.07 Å². The van der Waals surface area contributed by atoms with Crippen molar-refractivity contribution in [2.75, 3.05) is 7.11 Å². The summed E-state index contributed by atoms with van der Waals surface area (Å²) in [6.45, 7) is 2.91. The van der Waals surface area contributed by atoms with Gasteiger partial charge in [0.15, 0.2) is 23.1 Å². The molecule has 0 bridgehead atoms. The Bertz CT molecular complexity index is 483. The fraction of sp³-hybridized carbons (Fsp3) is 0.417. The first-order valence-electron chi connectivity index (χ1n) is 5.18. The topological polar surface area (TPSA) is 66.8 Å². The number of carbonyl (C=O) groups is 1. The summed E-state index contributed by atoms with van der Waals surface area (Å²) in [6, 6.07) is 0.495. The van der Waals surface area contributed by atoms with Gasteiger partial charge in [0, 0.05) is 17.0 Å². The van der Waals surface area contributed by atoms with Crippen LogP contribution in [0.4, 0.5) is 8.78 Å². The Morgan fingerprint density at radius 2 is 1.94 bits per heavy atom. The van der Waals surface area contributed by atoms with Crippen LogP contribution in [-0.2, 0) is 10.2 Å². The number of hydrogen-bond donors (Lipinski definition) is 2. The molecular weight excluding hydrogens is 246 g/mol. The van der Waals surface area contributed by atoms with Crippen molar-refractivity contribution in [1.82, 2.24) is 0 Å². The molecule has 0 heterocycles. The first-order chi connectivity index (χ1) is 8.20. The van der Waals surface area contributed by atoms with Crippen LogP contribution >= 0.6 is 0 Å². The molecule has 0 aromatic heterocycles. The molecule has 0 atom stereocenters. The molecule has 6 heteroatoms. The summed E-state index contributed by atoms with van der Waals surface area (Å²) in [6.07, 6.45) is -0.403. The number of ether oxygens (including phenoxy) is 1. The van der Waals surface area contributed by atoms with Crippen LogP contribution in [0.25, 0.3) is 0 Å². The van der Waals surface area contributed by atoms with Gasteiger partial charge in [-0.3, -0.25) is 4.79 Å². The molecule has 0 saturated carbocycles. The van der Waals surface area contributed by atoms with E-state index in [-0.39, 0.29) is 11.3 Å². The number of hydrogen-bond acceptors (Lipinski definition) is 3. The fourth-order valence-electron chi connectivity index (χ4n) is 1.89. The van der Waals surface area contributed by atoms with E-state index in [0.29, 0.717) is 6.07 Å². The number of carboxylic acids is 1. The van der Waals surface area contributed by atoms with Crippen molar-refractivity contribution in [3.05, 3.63) is 23.3 Å². The van der Waals surface area contributed by atoms with Gasteiger partial charge in [0.2, 0.25) is 0 Å². The highest BCUT2D eigenvalue weighted by Gasteiger charge is 2.33. The third-order valence-electron chi connectivity index (χ3n) is 2.63. The average Bonchev–Trinajstić information content (AvgIpc) is 2.20. The number of rotatable bonds is 4. The predicted molar refractivity (Wildman–Crippen MR) is 59.9 cm³/mol. The monoisotopic (exact) mass is 260 g/mol. The number of aliphatic carboxylic acids is 1. The summed E-state index contributed by atoms with van der Waals surface area (Å²) in [5, 5.41) is 18.5. The quantitative estimate of drug-likeness (QED) is 0.872. The Balaban J connectivity index is 3.51. The number of halogens is 2. The molecular formula is C12H14F2O4. The number of methoxy groups -OCH3 is 1. The van der Waals surface area contributed by atoms with E-state index in [1.165, 1.54) is 13.8 Å². The Hall–Kier alpha value is -1.85. The van der Waals surface area contributed by atoms with Crippen LogP contribution < -0.4 is 4.74 Å². The molecule has 0 radical (unpaired) electrons. The molecule has 18 heavy (non-hydrogen) atoms. The van der Waals surface area contributed by atoms with Crippen LogP contribution in [-0.4, -0.2) is 23.3 Å². The van der Waals surface area contributed by atoms with Gasteiger partial charge in [0.05, 0.1) is 13.5 Å². The third kappa shape index (κ3) is 2.52. The SMILES string of the molecule is COc1c(F)cc(F)c(O)c1C(C)(C)CC(=O)O. The van der Waals surface area contributed by atoms with Crippen LogP contribution in [0.3, 0.4) is 0 Å². The smallest absolute Gasteiger partial charge is 0.304 e. The normalized spacial score (nSPS) is 11.4. The summed E-state index contributed by atoms with van der Waals surface area (Å²) >= 11 is 0. The third-order valence-corrected chi connectivity index (χ3v) is 2.63. The molecule has 2 N–H and O–H groups in total. The largest absolute Gasteiger partial charge is 0.505 e. The Kier molecular flexibility index (Phi) is 3.79. The molecule has 0 aliphatic rings. The number of phenols is 1. The van der Waals surface area contributed by atoms with E-state index in [0.717, 1.165) is 7.11 Å². The number of aromatic hydroxyl groups is 1. The molecule has 0 unspecified atom stereocenters. The van der Waals surface area contributed by atoms with Gasteiger partial charge in [-0.25, -0.2) is 8.78 Å². The lowest BCUT2D eigenvalue weighted by atomic mass is 9.80. The van der Waals surface area contributed by atoms with Crippen molar-refractivity contribution in [3.63, 3.8) is 0 Å². The van der Waals surface area contributed by atoms with Crippen LogP contribution in [0.2, 0.25) is 0 Å². The second-order valence-electron chi connectivity index (χ2n) is 4.55. The van der Waals surface area contributed by atoms with Crippen LogP contribution in [0.1, 0.15) is 25.8 Å². The maximum atomic E-state index is 13.5.